The van der Waals surface area contributed by atoms with Gasteiger partial charge >= 0.3 is 0 Å². The quantitative estimate of drug-likeness (QED) is 0.657. The highest BCUT2D eigenvalue weighted by molar-refractivity contribution is 7.92. The van der Waals surface area contributed by atoms with Gasteiger partial charge in [0.25, 0.3) is 10.0 Å². The van der Waals surface area contributed by atoms with E-state index in [-0.39, 0.29) is 34.4 Å². The molecular weight excluding hydrogens is 378 g/mol. The van der Waals surface area contributed by atoms with Crippen LogP contribution in [-0.2, 0) is 19.9 Å². The lowest BCUT2D eigenvalue weighted by Crippen LogP contribution is -2.15. The third-order valence-corrected chi connectivity index (χ3v) is 6.01. The van der Waals surface area contributed by atoms with Crippen molar-refractivity contribution in [3.63, 3.8) is 0 Å². The minimum atomic E-state index is -3.92. The fourth-order valence-electron chi connectivity index (χ4n) is 2.11. The lowest BCUT2D eigenvalue weighted by molar-refractivity contribution is 0.234. The van der Waals surface area contributed by atoms with Crippen LogP contribution in [0.5, 0.6) is 5.75 Å². The summed E-state index contributed by atoms with van der Waals surface area (Å²) in [6, 6.07) is 10.2. The number of aryl methyl sites for hydroxylation is 1. The Bertz CT molecular complexity index is 967. The van der Waals surface area contributed by atoms with Gasteiger partial charge in [-0.3, -0.25) is 4.72 Å². The molecule has 2 aromatic rings. The topological polar surface area (TPSA) is 110 Å². The molecule has 0 saturated heterocycles. The molecule has 0 radical (unpaired) electrons. The van der Waals surface area contributed by atoms with Gasteiger partial charge in [-0.1, -0.05) is 17.7 Å². The van der Waals surface area contributed by atoms with E-state index >= 15 is 0 Å². The molecule has 0 aromatic heterocycles. The molecule has 2 aromatic carbocycles. The summed E-state index contributed by atoms with van der Waals surface area (Å²) in [4.78, 5) is 0.0165. The number of aliphatic hydroxyl groups excluding tert-OH is 1. The van der Waals surface area contributed by atoms with E-state index in [0.29, 0.717) is 6.42 Å². The van der Waals surface area contributed by atoms with Gasteiger partial charge in [0.2, 0.25) is 0 Å². The number of hydrogen-bond donors (Lipinski definition) is 2. The summed E-state index contributed by atoms with van der Waals surface area (Å²) >= 11 is 0. The molecule has 0 aliphatic carbocycles. The van der Waals surface area contributed by atoms with Crippen LogP contribution in [0.1, 0.15) is 12.0 Å². The molecule has 0 heterocycles. The maximum absolute atomic E-state index is 12.6. The smallest absolute Gasteiger partial charge is 0.262 e. The maximum Gasteiger partial charge on any atom is 0.262 e. The summed E-state index contributed by atoms with van der Waals surface area (Å²) in [5.74, 6) is 0.182. The van der Waals surface area contributed by atoms with Crippen molar-refractivity contribution in [1.82, 2.24) is 0 Å². The Morgan fingerprint density at radius 1 is 1.00 bits per heavy atom. The maximum atomic E-state index is 12.6. The minimum Gasteiger partial charge on any atom is -0.491 e. The Morgan fingerprint density at radius 2 is 1.62 bits per heavy atom. The molecule has 0 atom stereocenters. The van der Waals surface area contributed by atoms with E-state index in [1.54, 1.807) is 12.1 Å². The van der Waals surface area contributed by atoms with Crippen LogP contribution in [0.25, 0.3) is 0 Å². The molecule has 0 saturated carbocycles. The van der Waals surface area contributed by atoms with Gasteiger partial charge in [-0.15, -0.1) is 0 Å². The number of sulfonamides is 1. The Labute approximate surface area is 153 Å². The van der Waals surface area contributed by atoms with E-state index in [0.717, 1.165) is 11.8 Å². The molecule has 0 fully saturated rings. The van der Waals surface area contributed by atoms with E-state index in [2.05, 4.69) is 4.72 Å². The third kappa shape index (κ3) is 5.20. The van der Waals surface area contributed by atoms with Gasteiger partial charge in [0.15, 0.2) is 9.84 Å². The zero-order valence-corrected chi connectivity index (χ0v) is 16.1. The van der Waals surface area contributed by atoms with Gasteiger partial charge in [0.05, 0.1) is 22.1 Å². The number of hydrogen-bond acceptors (Lipinski definition) is 6. The fourth-order valence-corrected chi connectivity index (χ4v) is 3.82. The van der Waals surface area contributed by atoms with Gasteiger partial charge < -0.3 is 9.84 Å². The van der Waals surface area contributed by atoms with Crippen LogP contribution in [0.3, 0.4) is 0 Å². The average Bonchev–Trinajstić information content (AvgIpc) is 2.55. The predicted octanol–water partition coefficient (Wildman–Crippen LogP) is 1.96. The second-order valence-electron chi connectivity index (χ2n) is 5.77. The number of ether oxygens (including phenoxy) is 1. The lowest BCUT2D eigenvalue weighted by Gasteiger charge is -2.15. The highest BCUT2D eigenvalue weighted by atomic mass is 32.2. The molecule has 9 heteroatoms. The van der Waals surface area contributed by atoms with E-state index in [4.69, 9.17) is 9.84 Å². The number of sulfone groups is 1. The molecule has 0 amide bonds. The zero-order chi connectivity index (χ0) is 19.4. The Morgan fingerprint density at radius 3 is 2.19 bits per heavy atom. The van der Waals surface area contributed by atoms with Crippen LogP contribution in [0.15, 0.2) is 52.3 Å². The van der Waals surface area contributed by atoms with E-state index in [1.165, 1.54) is 30.3 Å². The van der Waals surface area contributed by atoms with Crippen LogP contribution >= 0.6 is 0 Å². The second-order valence-corrected chi connectivity index (χ2v) is 9.47. The van der Waals surface area contributed by atoms with Crippen molar-refractivity contribution in [3.8, 4) is 5.75 Å². The minimum absolute atomic E-state index is 0.0199. The summed E-state index contributed by atoms with van der Waals surface area (Å²) in [6.45, 7) is 1.92. The van der Waals surface area contributed by atoms with Crippen LogP contribution in [0.2, 0.25) is 0 Å². The number of benzene rings is 2. The number of rotatable bonds is 8. The van der Waals surface area contributed by atoms with Gasteiger partial charge in [-0.25, -0.2) is 16.8 Å². The lowest BCUT2D eigenvalue weighted by atomic mass is 10.2. The molecule has 2 N–H and O–H groups in total. The largest absolute Gasteiger partial charge is 0.491 e. The monoisotopic (exact) mass is 399 g/mol. The SMILES string of the molecule is Cc1ccc(S(=O)(=O)Nc2cc(S(C)(=O)=O)ccc2OCCCO)cc1. The summed E-state index contributed by atoms with van der Waals surface area (Å²) in [6.07, 6.45) is 1.39. The van der Waals surface area contributed by atoms with Crippen molar-refractivity contribution in [2.24, 2.45) is 0 Å². The highest BCUT2D eigenvalue weighted by Crippen LogP contribution is 2.30. The first-order valence-electron chi connectivity index (χ1n) is 7.81. The Hall–Kier alpha value is -2.10. The molecule has 2 rings (SSSR count). The normalized spacial score (nSPS) is 12.0. The first-order valence-corrected chi connectivity index (χ1v) is 11.2. The highest BCUT2D eigenvalue weighted by Gasteiger charge is 2.19. The molecule has 142 valence electrons. The molecule has 0 bridgehead atoms. The number of nitrogens with one attached hydrogen (secondary N) is 1. The van der Waals surface area contributed by atoms with Crippen LogP contribution in [-0.4, -0.2) is 41.4 Å². The van der Waals surface area contributed by atoms with Crippen molar-refractivity contribution < 1.29 is 26.7 Å². The second kappa shape index (κ2) is 8.07. The standard InChI is InChI=1S/C17H21NO6S2/c1-13-4-6-14(7-5-13)26(22,23)18-16-12-15(25(2,20)21)8-9-17(16)24-11-3-10-19/h4-9,12,18-19H,3,10-11H2,1-2H3. The van der Waals surface area contributed by atoms with E-state index in [1.807, 2.05) is 6.92 Å². The van der Waals surface area contributed by atoms with Crippen molar-refractivity contribution in [3.05, 3.63) is 48.0 Å². The van der Waals surface area contributed by atoms with Crippen molar-refractivity contribution in [2.45, 2.75) is 23.1 Å². The van der Waals surface area contributed by atoms with Gasteiger partial charge in [0, 0.05) is 19.3 Å². The summed E-state index contributed by atoms with van der Waals surface area (Å²) in [5, 5.41) is 8.85. The van der Waals surface area contributed by atoms with E-state index < -0.39 is 19.9 Å². The van der Waals surface area contributed by atoms with Crippen LogP contribution < -0.4 is 9.46 Å². The van der Waals surface area contributed by atoms with Crippen molar-refractivity contribution in [1.29, 1.82) is 0 Å². The van der Waals surface area contributed by atoms with Crippen molar-refractivity contribution in [2.75, 3.05) is 24.2 Å². The number of anilines is 1. The Kier molecular flexibility index (Phi) is 6.27. The molecule has 0 spiro atoms. The zero-order valence-electron chi connectivity index (χ0n) is 14.5. The Balaban J connectivity index is 2.42. The van der Waals surface area contributed by atoms with Gasteiger partial charge in [0.1, 0.15) is 5.75 Å². The molecule has 0 aliphatic heterocycles. The average molecular weight is 399 g/mol. The molecule has 7 nitrogen and oxygen atoms in total. The molecule has 0 aliphatic rings. The van der Waals surface area contributed by atoms with Crippen molar-refractivity contribution >= 4 is 25.5 Å². The first kappa shape index (κ1) is 20.2. The molecular formula is C17H21NO6S2. The summed E-state index contributed by atoms with van der Waals surface area (Å²) < 4.78 is 56.6. The summed E-state index contributed by atoms with van der Waals surface area (Å²) in [5.41, 5.74) is 0.933. The molecule has 0 unspecified atom stereocenters. The third-order valence-electron chi connectivity index (χ3n) is 3.51. The number of aliphatic hydroxyl groups is 1. The summed E-state index contributed by atoms with van der Waals surface area (Å²) in [7, 11) is -7.44. The molecule has 26 heavy (non-hydrogen) atoms. The fraction of sp³-hybridized carbons (Fsp3) is 0.294. The van der Waals surface area contributed by atoms with Gasteiger partial charge in [-0.05, 0) is 37.3 Å². The van der Waals surface area contributed by atoms with E-state index in [9.17, 15) is 16.8 Å². The first-order chi connectivity index (χ1) is 12.1. The van der Waals surface area contributed by atoms with Crippen LogP contribution in [0.4, 0.5) is 5.69 Å². The van der Waals surface area contributed by atoms with Crippen LogP contribution in [0, 0.1) is 6.92 Å². The predicted molar refractivity (Wildman–Crippen MR) is 98.7 cm³/mol. The van der Waals surface area contributed by atoms with Gasteiger partial charge in [-0.2, -0.15) is 0 Å².